The Hall–Kier alpha value is -3.11. The van der Waals surface area contributed by atoms with Crippen LogP contribution in [0.4, 0.5) is 0 Å². The number of nitrogens with zero attached hydrogens (tertiary/aromatic N) is 4. The number of amides is 2. The molecule has 162 valence electrons. The number of aromatic nitrogens is 2. The summed E-state index contributed by atoms with van der Waals surface area (Å²) in [7, 11) is 0. The van der Waals surface area contributed by atoms with Gasteiger partial charge in [-0.3, -0.25) is 14.5 Å². The molecule has 7 nitrogen and oxygen atoms in total. The highest BCUT2D eigenvalue weighted by molar-refractivity contribution is 5.94. The van der Waals surface area contributed by atoms with Crippen molar-refractivity contribution < 1.29 is 9.59 Å². The highest BCUT2D eigenvalue weighted by Crippen LogP contribution is 2.29. The van der Waals surface area contributed by atoms with Crippen molar-refractivity contribution in [2.45, 2.75) is 32.6 Å². The summed E-state index contributed by atoms with van der Waals surface area (Å²) < 4.78 is 1.98. The van der Waals surface area contributed by atoms with Crippen molar-refractivity contribution in [3.63, 3.8) is 0 Å². The average Bonchev–Trinajstić information content (AvgIpc) is 3.30. The monoisotopic (exact) mass is 419 g/mol. The molecule has 1 fully saturated rings. The van der Waals surface area contributed by atoms with Crippen LogP contribution in [0.25, 0.3) is 5.69 Å². The maximum absolute atomic E-state index is 13.4. The number of hydrogen-bond acceptors (Lipinski definition) is 4. The van der Waals surface area contributed by atoms with Crippen LogP contribution >= 0.6 is 0 Å². The summed E-state index contributed by atoms with van der Waals surface area (Å²) in [5.41, 5.74) is 5.05. The van der Waals surface area contributed by atoms with Gasteiger partial charge in [0.05, 0.1) is 18.8 Å². The standard InChI is InChI=1S/C24H29N5O2/c1-3-12-25-22(30)17-27-13-7-14-28(16-15-27)24(31)23-19-9-6-11-21(19)29(26-23)20-10-5-4-8-18(20)2/h1,4-5,8,10H,6-7,9,11-17H2,2H3,(H,25,30). The molecule has 1 aromatic heterocycles. The maximum atomic E-state index is 13.4. The Bertz CT molecular complexity index is 1020. The molecule has 0 atom stereocenters. The number of carbonyl (C=O) groups excluding carboxylic acids is 2. The van der Waals surface area contributed by atoms with Crippen LogP contribution < -0.4 is 5.32 Å². The average molecular weight is 420 g/mol. The molecule has 1 aliphatic carbocycles. The first-order valence-corrected chi connectivity index (χ1v) is 11.0. The van der Waals surface area contributed by atoms with Crippen LogP contribution in [0.15, 0.2) is 24.3 Å². The predicted molar refractivity (Wildman–Crippen MR) is 119 cm³/mol. The zero-order valence-corrected chi connectivity index (χ0v) is 18.1. The summed E-state index contributed by atoms with van der Waals surface area (Å²) in [4.78, 5) is 29.4. The number of nitrogens with one attached hydrogen (secondary N) is 1. The molecule has 4 rings (SSSR count). The predicted octanol–water partition coefficient (Wildman–Crippen LogP) is 1.57. The van der Waals surface area contributed by atoms with E-state index in [2.05, 4.69) is 35.2 Å². The van der Waals surface area contributed by atoms with Crippen molar-refractivity contribution in [3.05, 3.63) is 46.8 Å². The van der Waals surface area contributed by atoms with Crippen LogP contribution in [0.3, 0.4) is 0 Å². The number of hydrogen-bond donors (Lipinski definition) is 1. The molecule has 2 amide bonds. The maximum Gasteiger partial charge on any atom is 0.274 e. The van der Waals surface area contributed by atoms with E-state index in [9.17, 15) is 9.59 Å². The number of benzene rings is 1. The van der Waals surface area contributed by atoms with Crippen molar-refractivity contribution >= 4 is 11.8 Å². The second kappa shape index (κ2) is 9.36. The first-order valence-electron chi connectivity index (χ1n) is 11.0. The van der Waals surface area contributed by atoms with Gasteiger partial charge in [0.2, 0.25) is 5.91 Å². The van der Waals surface area contributed by atoms with E-state index >= 15 is 0 Å². The Kier molecular flexibility index (Phi) is 6.38. The number of rotatable bonds is 5. The molecular weight excluding hydrogens is 390 g/mol. The quantitative estimate of drug-likeness (QED) is 0.747. The molecule has 2 heterocycles. The summed E-state index contributed by atoms with van der Waals surface area (Å²) in [5.74, 6) is 2.34. The van der Waals surface area contributed by atoms with Gasteiger partial charge in [0.15, 0.2) is 5.69 Å². The topological polar surface area (TPSA) is 70.5 Å². The minimum atomic E-state index is -0.0764. The van der Waals surface area contributed by atoms with Gasteiger partial charge in [-0.15, -0.1) is 6.42 Å². The van der Waals surface area contributed by atoms with E-state index in [0.29, 0.717) is 31.9 Å². The van der Waals surface area contributed by atoms with Crippen LogP contribution in [0.5, 0.6) is 0 Å². The van der Waals surface area contributed by atoms with Crippen molar-refractivity contribution in [2.75, 3.05) is 39.3 Å². The summed E-state index contributed by atoms with van der Waals surface area (Å²) in [6.07, 6.45) is 8.93. The van der Waals surface area contributed by atoms with Gasteiger partial charge in [-0.25, -0.2) is 4.68 Å². The Morgan fingerprint density at radius 2 is 1.97 bits per heavy atom. The lowest BCUT2D eigenvalue weighted by Crippen LogP contribution is -2.40. The summed E-state index contributed by atoms with van der Waals surface area (Å²) in [6.45, 7) is 5.33. The molecule has 0 unspecified atom stereocenters. The molecule has 1 aliphatic heterocycles. The van der Waals surface area contributed by atoms with E-state index < -0.39 is 0 Å². The number of aryl methyl sites for hydroxylation is 1. The van der Waals surface area contributed by atoms with E-state index in [4.69, 9.17) is 11.5 Å². The largest absolute Gasteiger partial charge is 0.344 e. The number of carbonyl (C=O) groups is 2. The Morgan fingerprint density at radius 1 is 1.13 bits per heavy atom. The molecule has 2 aromatic rings. The number of para-hydroxylation sites is 1. The van der Waals surface area contributed by atoms with E-state index in [1.54, 1.807) is 0 Å². The molecule has 1 saturated heterocycles. The first kappa shape index (κ1) is 21.1. The molecule has 0 bridgehead atoms. The van der Waals surface area contributed by atoms with Gasteiger partial charge in [0.25, 0.3) is 5.91 Å². The highest BCUT2D eigenvalue weighted by atomic mass is 16.2. The van der Waals surface area contributed by atoms with Crippen LogP contribution in [-0.2, 0) is 17.6 Å². The molecule has 31 heavy (non-hydrogen) atoms. The second-order valence-electron chi connectivity index (χ2n) is 8.23. The van der Waals surface area contributed by atoms with Gasteiger partial charge >= 0.3 is 0 Å². The molecule has 0 spiro atoms. The van der Waals surface area contributed by atoms with Crippen molar-refractivity contribution in [1.82, 2.24) is 24.9 Å². The van der Waals surface area contributed by atoms with Crippen molar-refractivity contribution in [3.8, 4) is 18.0 Å². The van der Waals surface area contributed by atoms with Crippen LogP contribution in [0, 0.1) is 19.3 Å². The minimum Gasteiger partial charge on any atom is -0.344 e. The normalized spacial score (nSPS) is 16.5. The summed E-state index contributed by atoms with van der Waals surface area (Å²) in [6, 6.07) is 8.16. The lowest BCUT2D eigenvalue weighted by Gasteiger charge is -2.21. The third-order valence-electron chi connectivity index (χ3n) is 6.11. The third-order valence-corrected chi connectivity index (χ3v) is 6.11. The van der Waals surface area contributed by atoms with E-state index in [0.717, 1.165) is 49.0 Å². The van der Waals surface area contributed by atoms with Crippen LogP contribution in [0.2, 0.25) is 0 Å². The molecule has 1 N–H and O–H groups in total. The fourth-order valence-electron chi connectivity index (χ4n) is 4.50. The SMILES string of the molecule is C#CCNC(=O)CN1CCCN(C(=O)c2nn(-c3ccccc3C)c3c2CCC3)CC1. The lowest BCUT2D eigenvalue weighted by atomic mass is 10.1. The van der Waals surface area contributed by atoms with Crippen LogP contribution in [-0.4, -0.2) is 70.7 Å². The van der Waals surface area contributed by atoms with Gasteiger partial charge in [0.1, 0.15) is 0 Å². The number of fused-ring (bicyclic) bond motifs is 1. The minimum absolute atomic E-state index is 0.00381. The van der Waals surface area contributed by atoms with Gasteiger partial charge in [-0.1, -0.05) is 24.1 Å². The highest BCUT2D eigenvalue weighted by Gasteiger charge is 2.30. The van der Waals surface area contributed by atoms with Gasteiger partial charge in [-0.2, -0.15) is 5.10 Å². The summed E-state index contributed by atoms with van der Waals surface area (Å²) in [5, 5.41) is 7.50. The fourth-order valence-corrected chi connectivity index (χ4v) is 4.50. The van der Waals surface area contributed by atoms with Gasteiger partial charge < -0.3 is 10.2 Å². The van der Waals surface area contributed by atoms with E-state index in [1.807, 2.05) is 21.7 Å². The Morgan fingerprint density at radius 3 is 2.77 bits per heavy atom. The second-order valence-corrected chi connectivity index (χ2v) is 8.23. The first-order chi connectivity index (χ1) is 15.1. The zero-order chi connectivity index (χ0) is 21.8. The molecule has 2 aliphatic rings. The zero-order valence-electron chi connectivity index (χ0n) is 18.1. The Balaban J connectivity index is 1.49. The molecule has 0 saturated carbocycles. The van der Waals surface area contributed by atoms with Crippen LogP contribution in [0.1, 0.15) is 40.2 Å². The van der Waals surface area contributed by atoms with Crippen molar-refractivity contribution in [1.29, 1.82) is 0 Å². The molecule has 7 heteroatoms. The van der Waals surface area contributed by atoms with E-state index in [-0.39, 0.29) is 18.4 Å². The third kappa shape index (κ3) is 4.49. The lowest BCUT2D eigenvalue weighted by molar-refractivity contribution is -0.121. The van der Waals surface area contributed by atoms with Gasteiger partial charge in [0, 0.05) is 37.4 Å². The molecule has 1 aromatic carbocycles. The smallest absolute Gasteiger partial charge is 0.274 e. The number of terminal acetylenes is 1. The molecule has 0 radical (unpaired) electrons. The van der Waals surface area contributed by atoms with E-state index in [1.165, 1.54) is 5.69 Å². The summed E-state index contributed by atoms with van der Waals surface area (Å²) >= 11 is 0. The van der Waals surface area contributed by atoms with Crippen molar-refractivity contribution in [2.24, 2.45) is 0 Å². The Labute approximate surface area is 183 Å². The molecular formula is C24H29N5O2. The van der Waals surface area contributed by atoms with Gasteiger partial charge in [-0.05, 0) is 44.2 Å². The fraction of sp³-hybridized carbons (Fsp3) is 0.458.